The second-order valence-corrected chi connectivity index (χ2v) is 3.40. The van der Waals surface area contributed by atoms with Gasteiger partial charge in [-0.15, -0.1) is 0 Å². The molecule has 1 heterocycles. The van der Waals surface area contributed by atoms with Gasteiger partial charge in [0, 0.05) is 0 Å². The van der Waals surface area contributed by atoms with Gasteiger partial charge in [-0.25, -0.2) is 0 Å². The van der Waals surface area contributed by atoms with Crippen LogP contribution < -0.4 is 0 Å². The first-order valence-corrected chi connectivity index (χ1v) is 4.54. The molecule has 1 radical (unpaired) electrons. The molecule has 14 heavy (non-hydrogen) atoms. The van der Waals surface area contributed by atoms with Crippen molar-refractivity contribution < 1.29 is 0 Å². The van der Waals surface area contributed by atoms with Crippen LogP contribution in [0.2, 0.25) is 0 Å². The molecular weight excluding hydrogens is 169 g/mol. The maximum absolute atomic E-state index is 5.54. The number of fused-ring (bicyclic) bond motifs is 1. The van der Waals surface area contributed by atoms with Crippen molar-refractivity contribution in [3.05, 3.63) is 42.6 Å². The van der Waals surface area contributed by atoms with E-state index in [4.69, 9.17) is 7.49 Å². The van der Waals surface area contributed by atoms with E-state index < -0.39 is 0 Å². The molecule has 0 saturated heterocycles. The van der Waals surface area contributed by atoms with Crippen LogP contribution in [0.25, 0.3) is 16.5 Å². The predicted molar refractivity (Wildman–Crippen MR) is 63.9 cm³/mol. The van der Waals surface area contributed by atoms with E-state index in [0.717, 1.165) is 16.7 Å². The SMILES string of the molecule is [B]=Cn1cc(C(=C)C)c2ccccc21. The minimum atomic E-state index is 1.06. The maximum atomic E-state index is 5.54. The fourth-order valence-electron chi connectivity index (χ4n) is 1.67. The van der Waals surface area contributed by atoms with Crippen molar-refractivity contribution in [1.29, 1.82) is 0 Å². The molecule has 2 heteroatoms. The Kier molecular flexibility index (Phi) is 2.12. The van der Waals surface area contributed by atoms with Gasteiger partial charge in [-0.2, -0.15) is 0 Å². The third kappa shape index (κ3) is 1.23. The Morgan fingerprint density at radius 3 is 2.79 bits per heavy atom. The van der Waals surface area contributed by atoms with Crippen LogP contribution in [0.3, 0.4) is 0 Å². The first kappa shape index (κ1) is 9.01. The summed E-state index contributed by atoms with van der Waals surface area (Å²) in [5.74, 6) is 0. The van der Waals surface area contributed by atoms with Crippen LogP contribution in [0.5, 0.6) is 0 Å². The number of benzene rings is 1. The zero-order valence-corrected chi connectivity index (χ0v) is 8.20. The standard InChI is InChI=1S/C12H11BN/c1-9(2)11-7-14(8-13)12-6-4-3-5-10(11)12/h3-8H,1H2,2H3. The van der Waals surface area contributed by atoms with E-state index in [1.807, 2.05) is 35.9 Å². The summed E-state index contributed by atoms with van der Waals surface area (Å²) in [5.41, 5.74) is 3.33. The third-order valence-electron chi connectivity index (χ3n) is 2.36. The number of aromatic nitrogens is 1. The number of hydrogen-bond donors (Lipinski definition) is 0. The Labute approximate surface area is 84.7 Å². The van der Waals surface area contributed by atoms with E-state index >= 15 is 0 Å². The number of hydrogen-bond acceptors (Lipinski definition) is 0. The Morgan fingerprint density at radius 2 is 2.14 bits per heavy atom. The zero-order valence-electron chi connectivity index (χ0n) is 8.20. The van der Waals surface area contributed by atoms with Crippen LogP contribution in [-0.4, -0.2) is 18.1 Å². The first-order chi connectivity index (χ1) is 6.74. The van der Waals surface area contributed by atoms with E-state index in [9.17, 15) is 0 Å². The molecule has 1 aromatic carbocycles. The van der Waals surface area contributed by atoms with Crippen LogP contribution in [0.1, 0.15) is 12.5 Å². The monoisotopic (exact) mass is 180 g/mol. The van der Waals surface area contributed by atoms with Crippen LogP contribution >= 0.6 is 0 Å². The Bertz CT molecular complexity index is 508. The second-order valence-electron chi connectivity index (χ2n) is 3.40. The van der Waals surface area contributed by atoms with Crippen LogP contribution in [-0.2, 0) is 0 Å². The van der Waals surface area contributed by atoms with Crippen molar-refractivity contribution >= 4 is 30.1 Å². The number of rotatable bonds is 2. The molecule has 0 N–H and O–H groups in total. The number of nitrogens with zero attached hydrogens (tertiary/aromatic N) is 1. The van der Waals surface area contributed by atoms with Gasteiger partial charge in [0.25, 0.3) is 0 Å². The summed E-state index contributed by atoms with van der Waals surface area (Å²) in [4.78, 5) is 0. The Morgan fingerprint density at radius 1 is 1.43 bits per heavy atom. The van der Waals surface area contributed by atoms with Gasteiger partial charge in [-0.1, -0.05) is 0 Å². The molecule has 0 bridgehead atoms. The van der Waals surface area contributed by atoms with Gasteiger partial charge < -0.3 is 0 Å². The Balaban J connectivity index is 2.86. The summed E-state index contributed by atoms with van der Waals surface area (Å²) < 4.78 is 1.92. The van der Waals surface area contributed by atoms with E-state index in [2.05, 4.69) is 12.6 Å². The molecule has 1 aromatic heterocycles. The summed E-state index contributed by atoms with van der Waals surface area (Å²) >= 11 is 0. The molecule has 0 aliphatic heterocycles. The molecule has 0 spiro atoms. The van der Waals surface area contributed by atoms with E-state index in [-0.39, 0.29) is 0 Å². The molecule has 0 saturated carbocycles. The molecule has 2 rings (SSSR count). The van der Waals surface area contributed by atoms with Gasteiger partial charge in [0.15, 0.2) is 0 Å². The molecule has 0 unspecified atom stereocenters. The summed E-state index contributed by atoms with van der Waals surface area (Å²) in [6.45, 7) is 5.96. The fraction of sp³-hybridized carbons (Fsp3) is 0.0833. The van der Waals surface area contributed by atoms with Crippen LogP contribution in [0.15, 0.2) is 37.0 Å². The second kappa shape index (κ2) is 3.30. The minimum absolute atomic E-state index is 1.06. The molecule has 67 valence electrons. The molecular formula is C12H11BN. The van der Waals surface area contributed by atoms with Crippen molar-refractivity contribution in [3.8, 4) is 0 Å². The number of para-hydroxylation sites is 1. The van der Waals surface area contributed by atoms with Crippen molar-refractivity contribution in [3.63, 3.8) is 0 Å². The van der Waals surface area contributed by atoms with Crippen molar-refractivity contribution in [1.82, 2.24) is 4.57 Å². The van der Waals surface area contributed by atoms with Gasteiger partial charge in [-0.3, -0.25) is 0 Å². The van der Waals surface area contributed by atoms with Crippen LogP contribution in [0, 0.1) is 0 Å². The molecule has 0 aliphatic carbocycles. The zero-order chi connectivity index (χ0) is 10.1. The summed E-state index contributed by atoms with van der Waals surface area (Å²) in [6.07, 6.45) is 3.57. The molecule has 0 aliphatic rings. The molecule has 1 nitrogen and oxygen atoms in total. The average Bonchev–Trinajstić information content (AvgIpc) is 2.56. The molecule has 2 aromatic rings. The number of allylic oxidation sites excluding steroid dienone is 1. The average molecular weight is 180 g/mol. The third-order valence-corrected chi connectivity index (χ3v) is 2.36. The fourth-order valence-corrected chi connectivity index (χ4v) is 1.67. The van der Waals surface area contributed by atoms with Gasteiger partial charge in [0.05, 0.1) is 0 Å². The molecule has 0 fully saturated rings. The van der Waals surface area contributed by atoms with Crippen molar-refractivity contribution in [2.24, 2.45) is 0 Å². The Hall–Kier alpha value is -1.57. The van der Waals surface area contributed by atoms with Gasteiger partial charge in [0.2, 0.25) is 0 Å². The normalized spacial score (nSPS) is 10.3. The summed E-state index contributed by atoms with van der Waals surface area (Å²) in [6, 6.07) is 8.16. The molecule has 0 atom stereocenters. The predicted octanol–water partition coefficient (Wildman–Crippen LogP) is 2.45. The first-order valence-electron chi connectivity index (χ1n) is 4.54. The topological polar surface area (TPSA) is 4.93 Å². The summed E-state index contributed by atoms with van der Waals surface area (Å²) in [7, 11) is 5.54. The quantitative estimate of drug-likeness (QED) is 0.625. The summed E-state index contributed by atoms with van der Waals surface area (Å²) in [5, 5.41) is 1.20. The molecule has 0 amide bonds. The van der Waals surface area contributed by atoms with Crippen molar-refractivity contribution in [2.45, 2.75) is 6.92 Å². The van der Waals surface area contributed by atoms with Gasteiger partial charge in [-0.05, 0) is 0 Å². The van der Waals surface area contributed by atoms with E-state index in [1.165, 1.54) is 5.39 Å². The van der Waals surface area contributed by atoms with Crippen LogP contribution in [0.4, 0.5) is 0 Å². The van der Waals surface area contributed by atoms with E-state index in [0.29, 0.717) is 0 Å². The van der Waals surface area contributed by atoms with Crippen molar-refractivity contribution in [2.75, 3.05) is 0 Å². The van der Waals surface area contributed by atoms with Gasteiger partial charge in [0.1, 0.15) is 0 Å². The van der Waals surface area contributed by atoms with Gasteiger partial charge >= 0.3 is 84.1 Å². The van der Waals surface area contributed by atoms with E-state index in [1.54, 1.807) is 6.09 Å².